The number of alkyl halides is 1. The van der Waals surface area contributed by atoms with Crippen molar-refractivity contribution in [2.24, 2.45) is 0 Å². The van der Waals surface area contributed by atoms with E-state index in [1.807, 2.05) is 6.07 Å². The lowest BCUT2D eigenvalue weighted by Gasteiger charge is -2.45. The van der Waals surface area contributed by atoms with E-state index in [9.17, 15) is 19.5 Å². The van der Waals surface area contributed by atoms with E-state index in [4.69, 9.17) is 4.74 Å². The van der Waals surface area contributed by atoms with Crippen molar-refractivity contribution in [1.29, 1.82) is 0 Å². The lowest BCUT2D eigenvalue weighted by Crippen LogP contribution is -2.74. The van der Waals surface area contributed by atoms with E-state index in [1.165, 1.54) is 16.7 Å². The Morgan fingerprint density at radius 3 is 2.54 bits per heavy atom. The fraction of sp³-hybridized carbons (Fsp3) is 0.471. The molecule has 3 fully saturated rings. The van der Waals surface area contributed by atoms with Crippen LogP contribution in [0.5, 0.6) is 0 Å². The minimum Gasteiger partial charge on any atom is -0.548 e. The van der Waals surface area contributed by atoms with Gasteiger partial charge in [0.2, 0.25) is 0 Å². The zero-order valence-corrected chi connectivity index (χ0v) is 16.7. The maximum absolute atomic E-state index is 13.0. The molecule has 0 radical (unpaired) electrons. The van der Waals surface area contributed by atoms with E-state index >= 15 is 0 Å². The van der Waals surface area contributed by atoms with Gasteiger partial charge < -0.3 is 14.8 Å². The molecule has 0 bridgehead atoms. The van der Waals surface area contributed by atoms with Crippen molar-refractivity contribution < 1.29 is 24.2 Å². The highest BCUT2D eigenvalue weighted by Gasteiger charge is 2.96. The predicted molar refractivity (Wildman–Crippen MR) is 96.8 cm³/mol. The number of halogens is 1. The van der Waals surface area contributed by atoms with Gasteiger partial charge in [0, 0.05) is 20.7 Å². The summed E-state index contributed by atoms with van der Waals surface area (Å²) in [7, 11) is 1.66. The van der Waals surface area contributed by atoms with Crippen molar-refractivity contribution in [1.82, 2.24) is 9.38 Å². The Balaban J connectivity index is 1.75. The Morgan fingerprint density at radius 1 is 1.38 bits per heavy atom. The number of carbonyl (C=O) groups is 3. The van der Waals surface area contributed by atoms with Gasteiger partial charge in [0.25, 0.3) is 11.5 Å². The van der Waals surface area contributed by atoms with E-state index < -0.39 is 38.3 Å². The molecule has 1 aromatic rings. The van der Waals surface area contributed by atoms with E-state index in [-0.39, 0.29) is 4.48 Å². The smallest absolute Gasteiger partial charge is 0.315 e. The molecule has 2 amide bonds. The SMILES string of the molecule is CC1(C)S[C@H]2N(C(=O)[C@]23OC3(Br)[N+](C)(C=O)c2ccccc2)[C@H]1C(=O)[O-]. The van der Waals surface area contributed by atoms with Crippen molar-refractivity contribution in [2.45, 2.75) is 40.2 Å². The molecule has 7 nitrogen and oxygen atoms in total. The molecule has 0 saturated carbocycles. The van der Waals surface area contributed by atoms with Gasteiger partial charge in [0.05, 0.1) is 19.1 Å². The van der Waals surface area contributed by atoms with E-state index in [1.54, 1.807) is 45.2 Å². The van der Waals surface area contributed by atoms with Crippen molar-refractivity contribution >= 4 is 51.7 Å². The molecule has 1 aromatic carbocycles. The summed E-state index contributed by atoms with van der Waals surface area (Å²) in [6.45, 7) is 3.53. The molecular formula is C17H17BrN2O5S. The van der Waals surface area contributed by atoms with Crippen LogP contribution in [0.2, 0.25) is 0 Å². The summed E-state index contributed by atoms with van der Waals surface area (Å²) in [6.07, 6.45) is 0.718. The number of β-lactam (4-membered cyclic amide) rings is 1. The van der Waals surface area contributed by atoms with Crippen LogP contribution in [0.15, 0.2) is 30.3 Å². The minimum absolute atomic E-state index is 0.305. The zero-order valence-electron chi connectivity index (χ0n) is 14.3. The Kier molecular flexibility index (Phi) is 3.52. The third-order valence-corrected chi connectivity index (χ3v) is 8.64. The Morgan fingerprint density at radius 2 is 2.00 bits per heavy atom. The van der Waals surface area contributed by atoms with Gasteiger partial charge in [-0.05, 0) is 26.0 Å². The fourth-order valence-electron chi connectivity index (χ4n) is 4.05. The Hall–Kier alpha value is -1.42. The number of amides is 2. The highest BCUT2D eigenvalue weighted by Crippen LogP contribution is 2.72. The second kappa shape index (κ2) is 5.09. The number of hydrogen-bond donors (Lipinski definition) is 0. The van der Waals surface area contributed by atoms with Crippen LogP contribution in [0.3, 0.4) is 0 Å². The van der Waals surface area contributed by atoms with Gasteiger partial charge in [-0.3, -0.25) is 9.53 Å². The maximum Gasteiger partial charge on any atom is 0.315 e. The number of rotatable bonds is 4. The number of ether oxygens (including phenoxy) is 1. The number of carboxylic acids is 1. The number of aliphatic carboxylic acids is 1. The number of fused-ring (bicyclic) bond motifs is 2. The summed E-state index contributed by atoms with van der Waals surface area (Å²) in [5, 5.41) is 11.1. The predicted octanol–water partition coefficient (Wildman–Crippen LogP) is 0.410. The van der Waals surface area contributed by atoms with Gasteiger partial charge in [-0.2, -0.15) is 4.48 Å². The number of para-hydroxylation sites is 1. The molecule has 0 N–H and O–H groups in total. The van der Waals surface area contributed by atoms with Crippen LogP contribution < -0.4 is 9.59 Å². The largest absolute Gasteiger partial charge is 0.548 e. The monoisotopic (exact) mass is 440 g/mol. The van der Waals surface area contributed by atoms with Crippen molar-refractivity contribution in [3.8, 4) is 0 Å². The number of nitrogens with zero attached hydrogens (tertiary/aromatic N) is 2. The van der Waals surface area contributed by atoms with E-state index in [0.29, 0.717) is 5.69 Å². The standard InChI is InChI=1S/C17H17BrN2O5S/c1-15(2)11(12(22)23)19-13(24)16(14(19)26-15)17(18,25-16)20(3,9-21)10-7-5-4-6-8-10/h4-9,11,14H,1-3H3/t11-,14+,16-,17?,20?/m0/s1. The topological polar surface area (TPSA) is 90.0 Å². The molecule has 26 heavy (non-hydrogen) atoms. The van der Waals surface area contributed by atoms with Gasteiger partial charge in [-0.15, -0.1) is 11.8 Å². The van der Waals surface area contributed by atoms with Crippen LogP contribution in [0.1, 0.15) is 13.8 Å². The first-order chi connectivity index (χ1) is 12.1. The van der Waals surface area contributed by atoms with Gasteiger partial charge >= 0.3 is 11.0 Å². The van der Waals surface area contributed by atoms with Gasteiger partial charge in [0.1, 0.15) is 11.1 Å². The molecule has 3 heterocycles. The summed E-state index contributed by atoms with van der Waals surface area (Å²) in [4.78, 5) is 37.9. The highest BCUT2D eigenvalue weighted by atomic mass is 79.9. The third-order valence-electron chi connectivity index (χ3n) is 5.54. The van der Waals surface area contributed by atoms with Gasteiger partial charge in [-0.25, -0.2) is 4.79 Å². The number of likely N-dealkylation sites (N-methyl/N-ethyl adjacent to an activating group) is 1. The second-order valence-electron chi connectivity index (χ2n) is 7.42. The summed E-state index contributed by atoms with van der Waals surface area (Å²) < 4.78 is 3.60. The van der Waals surface area contributed by atoms with Crippen molar-refractivity contribution in [3.63, 3.8) is 0 Å². The van der Waals surface area contributed by atoms with Crippen LogP contribution in [0.25, 0.3) is 0 Å². The number of hydrogen-bond acceptors (Lipinski definition) is 6. The lowest BCUT2D eigenvalue weighted by molar-refractivity contribution is -0.312. The highest BCUT2D eigenvalue weighted by molar-refractivity contribution is 9.10. The molecule has 0 aliphatic carbocycles. The van der Waals surface area contributed by atoms with E-state index in [0.717, 1.165) is 6.41 Å². The zero-order chi connectivity index (χ0) is 19.1. The summed E-state index contributed by atoms with van der Waals surface area (Å²) in [6, 6.07) is 7.96. The maximum atomic E-state index is 13.0. The number of quaternary nitrogens is 1. The molecular weight excluding hydrogens is 424 g/mol. The van der Waals surface area contributed by atoms with E-state index in [2.05, 4.69) is 15.9 Å². The van der Waals surface area contributed by atoms with Crippen molar-refractivity contribution in [2.75, 3.05) is 7.05 Å². The Bertz CT molecular complexity index is 836. The molecule has 3 aliphatic heterocycles. The third kappa shape index (κ3) is 1.79. The first-order valence-corrected chi connectivity index (χ1v) is 9.73. The lowest BCUT2D eigenvalue weighted by atomic mass is 9.90. The first kappa shape index (κ1) is 18.0. The molecule has 1 spiro atoms. The number of epoxide rings is 1. The molecule has 0 aromatic heterocycles. The number of thioether (sulfide) groups is 1. The van der Waals surface area contributed by atoms with Crippen LogP contribution in [-0.4, -0.2) is 56.6 Å². The van der Waals surface area contributed by atoms with Crippen LogP contribution in [0, 0.1) is 0 Å². The average molecular weight is 441 g/mol. The molecule has 9 heteroatoms. The number of benzene rings is 1. The van der Waals surface area contributed by atoms with Crippen LogP contribution >= 0.6 is 27.7 Å². The van der Waals surface area contributed by atoms with Crippen LogP contribution in [-0.2, 0) is 19.1 Å². The molecule has 5 atom stereocenters. The Labute approximate surface area is 163 Å². The average Bonchev–Trinajstić information content (AvgIpc) is 3.19. The summed E-state index contributed by atoms with van der Waals surface area (Å²) in [5.74, 6) is -1.72. The molecule has 138 valence electrons. The molecule has 2 unspecified atom stereocenters. The number of carbonyl (C=O) groups excluding carboxylic acids is 3. The minimum atomic E-state index is -1.29. The van der Waals surface area contributed by atoms with Gasteiger partial charge in [-0.1, -0.05) is 18.2 Å². The molecule has 3 saturated heterocycles. The second-order valence-corrected chi connectivity index (χ2v) is 10.2. The summed E-state index contributed by atoms with van der Waals surface area (Å²) >= 11 is 4.86. The normalized spacial score (nSPS) is 39.1. The fourth-order valence-corrected chi connectivity index (χ4v) is 6.85. The number of carboxylic acid groups (broad SMARTS) is 1. The van der Waals surface area contributed by atoms with Crippen molar-refractivity contribution in [3.05, 3.63) is 30.3 Å². The quantitative estimate of drug-likeness (QED) is 0.168. The van der Waals surface area contributed by atoms with Gasteiger partial charge in [0.15, 0.2) is 0 Å². The van der Waals surface area contributed by atoms with Crippen LogP contribution in [0.4, 0.5) is 5.69 Å². The first-order valence-electron chi connectivity index (χ1n) is 8.05. The molecule has 3 aliphatic rings. The molecule has 4 rings (SSSR count). The summed E-state index contributed by atoms with van der Waals surface area (Å²) in [5.41, 5.74) is -0.633.